The summed E-state index contributed by atoms with van der Waals surface area (Å²) in [5.74, 6) is 0. The van der Waals surface area contributed by atoms with Crippen molar-refractivity contribution in [2.45, 2.75) is 59.8 Å². The molecule has 0 amide bonds. The van der Waals surface area contributed by atoms with E-state index in [1.165, 1.54) is 31.3 Å². The van der Waals surface area contributed by atoms with E-state index >= 15 is 0 Å². The van der Waals surface area contributed by atoms with Crippen molar-refractivity contribution in [2.75, 3.05) is 6.61 Å². The SMILES string of the molecule is CC1=C(CC/C(C)=C\CO)C(C)(C)CCC1. The van der Waals surface area contributed by atoms with Crippen LogP contribution in [0.1, 0.15) is 59.8 Å². The number of aliphatic hydroxyl groups is 1. The predicted molar refractivity (Wildman–Crippen MR) is 70.4 cm³/mol. The van der Waals surface area contributed by atoms with Gasteiger partial charge in [-0.1, -0.05) is 36.6 Å². The molecule has 0 fully saturated rings. The summed E-state index contributed by atoms with van der Waals surface area (Å²) in [6.45, 7) is 9.32. The second-order valence-electron chi connectivity index (χ2n) is 5.73. The van der Waals surface area contributed by atoms with E-state index in [1.54, 1.807) is 11.1 Å². The van der Waals surface area contributed by atoms with Crippen molar-refractivity contribution in [3.05, 3.63) is 22.8 Å². The lowest BCUT2D eigenvalue weighted by atomic mass is 9.71. The van der Waals surface area contributed by atoms with Crippen molar-refractivity contribution >= 4 is 0 Å². The van der Waals surface area contributed by atoms with Gasteiger partial charge in [-0.2, -0.15) is 0 Å². The Bertz CT molecular complexity index is 295. The number of rotatable bonds is 4. The van der Waals surface area contributed by atoms with E-state index < -0.39 is 0 Å². The zero-order chi connectivity index (χ0) is 12.2. The molecule has 0 atom stereocenters. The topological polar surface area (TPSA) is 20.2 Å². The maximum absolute atomic E-state index is 8.84. The summed E-state index contributed by atoms with van der Waals surface area (Å²) in [6, 6.07) is 0. The van der Waals surface area contributed by atoms with Crippen LogP contribution in [0.25, 0.3) is 0 Å². The first-order chi connectivity index (χ1) is 7.47. The largest absolute Gasteiger partial charge is 0.392 e. The van der Waals surface area contributed by atoms with Gasteiger partial charge in [0.05, 0.1) is 6.61 Å². The van der Waals surface area contributed by atoms with E-state index in [0.29, 0.717) is 5.41 Å². The zero-order valence-electron chi connectivity index (χ0n) is 11.3. The molecule has 1 heteroatoms. The first-order valence-electron chi connectivity index (χ1n) is 6.43. The first kappa shape index (κ1) is 13.5. The summed E-state index contributed by atoms with van der Waals surface area (Å²) in [4.78, 5) is 0. The Balaban J connectivity index is 2.67. The molecule has 0 spiro atoms. The van der Waals surface area contributed by atoms with Crippen LogP contribution in [-0.4, -0.2) is 11.7 Å². The van der Waals surface area contributed by atoms with E-state index in [-0.39, 0.29) is 6.61 Å². The summed E-state index contributed by atoms with van der Waals surface area (Å²) in [5.41, 5.74) is 4.96. The van der Waals surface area contributed by atoms with Gasteiger partial charge in [0, 0.05) is 0 Å². The van der Waals surface area contributed by atoms with Gasteiger partial charge in [0.2, 0.25) is 0 Å². The van der Waals surface area contributed by atoms with Crippen LogP contribution in [0.4, 0.5) is 0 Å². The molecule has 0 aromatic heterocycles. The molecular weight excluding hydrogens is 196 g/mol. The summed E-state index contributed by atoms with van der Waals surface area (Å²) in [7, 11) is 0. The average molecular weight is 222 g/mol. The van der Waals surface area contributed by atoms with Crippen LogP contribution in [0.2, 0.25) is 0 Å². The van der Waals surface area contributed by atoms with Crippen LogP contribution >= 0.6 is 0 Å². The van der Waals surface area contributed by atoms with Crippen LogP contribution < -0.4 is 0 Å². The third kappa shape index (κ3) is 3.48. The smallest absolute Gasteiger partial charge is 0.0614 e. The van der Waals surface area contributed by atoms with Crippen molar-refractivity contribution in [1.82, 2.24) is 0 Å². The number of hydrogen-bond acceptors (Lipinski definition) is 1. The molecule has 1 aliphatic carbocycles. The third-order valence-corrected chi connectivity index (χ3v) is 3.89. The minimum Gasteiger partial charge on any atom is -0.392 e. The molecule has 0 aliphatic heterocycles. The summed E-state index contributed by atoms with van der Waals surface area (Å²) in [6.07, 6.45) is 8.13. The molecule has 1 aliphatic rings. The molecule has 0 aromatic rings. The van der Waals surface area contributed by atoms with Gasteiger partial charge < -0.3 is 5.11 Å². The molecule has 1 N–H and O–H groups in total. The second-order valence-corrected chi connectivity index (χ2v) is 5.73. The second kappa shape index (κ2) is 5.67. The van der Waals surface area contributed by atoms with Crippen molar-refractivity contribution in [2.24, 2.45) is 5.41 Å². The molecular formula is C15H26O. The van der Waals surface area contributed by atoms with Gasteiger partial charge in [-0.3, -0.25) is 0 Å². The van der Waals surface area contributed by atoms with Gasteiger partial charge in [-0.05, 0) is 51.4 Å². The van der Waals surface area contributed by atoms with Gasteiger partial charge in [0.1, 0.15) is 0 Å². The van der Waals surface area contributed by atoms with E-state index in [4.69, 9.17) is 5.11 Å². The molecule has 92 valence electrons. The van der Waals surface area contributed by atoms with E-state index in [0.717, 1.165) is 6.42 Å². The molecule has 1 rings (SSSR count). The molecule has 0 aromatic carbocycles. The van der Waals surface area contributed by atoms with Crippen LogP contribution in [0.15, 0.2) is 22.8 Å². The highest BCUT2D eigenvalue weighted by atomic mass is 16.2. The fourth-order valence-electron chi connectivity index (χ4n) is 2.81. The summed E-state index contributed by atoms with van der Waals surface area (Å²) < 4.78 is 0. The van der Waals surface area contributed by atoms with E-state index in [9.17, 15) is 0 Å². The van der Waals surface area contributed by atoms with Crippen molar-refractivity contribution in [1.29, 1.82) is 0 Å². The van der Waals surface area contributed by atoms with Crippen molar-refractivity contribution < 1.29 is 5.11 Å². The monoisotopic (exact) mass is 222 g/mol. The zero-order valence-corrected chi connectivity index (χ0v) is 11.3. The fourth-order valence-corrected chi connectivity index (χ4v) is 2.81. The molecule has 0 saturated carbocycles. The molecule has 0 radical (unpaired) electrons. The summed E-state index contributed by atoms with van der Waals surface area (Å²) >= 11 is 0. The Labute approximate surface area is 100 Å². The highest BCUT2D eigenvalue weighted by Gasteiger charge is 2.27. The maximum atomic E-state index is 8.84. The number of allylic oxidation sites excluding steroid dienone is 3. The van der Waals surface area contributed by atoms with E-state index in [2.05, 4.69) is 27.7 Å². The highest BCUT2D eigenvalue weighted by molar-refractivity contribution is 5.23. The Morgan fingerprint density at radius 1 is 1.44 bits per heavy atom. The lowest BCUT2D eigenvalue weighted by Crippen LogP contribution is -2.20. The first-order valence-corrected chi connectivity index (χ1v) is 6.43. The van der Waals surface area contributed by atoms with Crippen molar-refractivity contribution in [3.8, 4) is 0 Å². The number of hydrogen-bond donors (Lipinski definition) is 1. The lowest BCUT2D eigenvalue weighted by molar-refractivity contribution is 0.340. The third-order valence-electron chi connectivity index (χ3n) is 3.89. The normalized spacial score (nSPS) is 21.4. The standard InChI is InChI=1S/C15H26O/c1-12(9-11-16)7-8-14-13(2)6-5-10-15(14,3)4/h9,16H,5-8,10-11H2,1-4H3/b12-9-. The molecule has 0 bridgehead atoms. The van der Waals surface area contributed by atoms with Gasteiger partial charge in [0.25, 0.3) is 0 Å². The lowest BCUT2D eigenvalue weighted by Gasteiger charge is -2.34. The maximum Gasteiger partial charge on any atom is 0.0614 e. The Morgan fingerprint density at radius 2 is 2.12 bits per heavy atom. The predicted octanol–water partition coefficient (Wildman–Crippen LogP) is 4.23. The quantitative estimate of drug-likeness (QED) is 0.706. The van der Waals surface area contributed by atoms with Crippen LogP contribution in [0.3, 0.4) is 0 Å². The van der Waals surface area contributed by atoms with E-state index in [1.807, 2.05) is 6.08 Å². The van der Waals surface area contributed by atoms with Gasteiger partial charge in [0.15, 0.2) is 0 Å². The Kier molecular flexibility index (Phi) is 4.79. The molecule has 0 unspecified atom stereocenters. The molecule has 0 saturated heterocycles. The minimum atomic E-state index is 0.174. The van der Waals surface area contributed by atoms with Gasteiger partial charge >= 0.3 is 0 Å². The Morgan fingerprint density at radius 3 is 2.69 bits per heavy atom. The van der Waals surface area contributed by atoms with Gasteiger partial charge in [-0.25, -0.2) is 0 Å². The van der Waals surface area contributed by atoms with Gasteiger partial charge in [-0.15, -0.1) is 0 Å². The molecule has 16 heavy (non-hydrogen) atoms. The highest BCUT2D eigenvalue weighted by Crippen LogP contribution is 2.42. The molecule has 1 nitrogen and oxygen atoms in total. The van der Waals surface area contributed by atoms with Crippen LogP contribution in [0.5, 0.6) is 0 Å². The van der Waals surface area contributed by atoms with Crippen LogP contribution in [0, 0.1) is 5.41 Å². The summed E-state index contributed by atoms with van der Waals surface area (Å²) in [5, 5.41) is 8.84. The minimum absolute atomic E-state index is 0.174. The average Bonchev–Trinajstić information content (AvgIpc) is 2.16. The van der Waals surface area contributed by atoms with Crippen LogP contribution in [-0.2, 0) is 0 Å². The molecule has 0 heterocycles. The Hall–Kier alpha value is -0.560. The number of aliphatic hydroxyl groups excluding tert-OH is 1. The fraction of sp³-hybridized carbons (Fsp3) is 0.733. The van der Waals surface area contributed by atoms with Crippen molar-refractivity contribution in [3.63, 3.8) is 0 Å².